The Balaban J connectivity index is 1.88. The molecular formula is C13H16ClFN2O. The van der Waals surface area contributed by atoms with Gasteiger partial charge in [-0.15, -0.1) is 0 Å². The number of nitrogens with one attached hydrogen (secondary N) is 2. The summed E-state index contributed by atoms with van der Waals surface area (Å²) in [4.78, 5) is 11.8. The summed E-state index contributed by atoms with van der Waals surface area (Å²) < 4.78 is 13.2. The highest BCUT2D eigenvalue weighted by Gasteiger charge is 2.15. The maximum Gasteiger partial charge on any atom is 0.251 e. The molecule has 1 saturated heterocycles. The van der Waals surface area contributed by atoms with Crippen LogP contribution < -0.4 is 10.6 Å². The minimum Gasteiger partial charge on any atom is -0.352 e. The van der Waals surface area contributed by atoms with Crippen molar-refractivity contribution >= 4 is 17.5 Å². The molecule has 18 heavy (non-hydrogen) atoms. The minimum absolute atomic E-state index is 0.0306. The predicted octanol–water partition coefficient (Wildman–Crippen LogP) is 2.21. The van der Waals surface area contributed by atoms with Crippen LogP contribution in [0.25, 0.3) is 0 Å². The summed E-state index contributed by atoms with van der Waals surface area (Å²) in [5.41, 5.74) is 0.306. The standard InChI is InChI=1S/C13H16ClFN2O/c14-11-4-3-10(6-12(11)15)13(18)17-8-9-2-1-5-16-7-9/h3-4,6,9,16H,1-2,5,7-8H2,(H,17,18). The van der Waals surface area contributed by atoms with Gasteiger partial charge in [0.05, 0.1) is 5.02 Å². The largest absolute Gasteiger partial charge is 0.352 e. The fourth-order valence-electron chi connectivity index (χ4n) is 2.07. The molecular weight excluding hydrogens is 255 g/mol. The number of piperidine rings is 1. The highest BCUT2D eigenvalue weighted by Crippen LogP contribution is 2.15. The Bertz CT molecular complexity index is 433. The smallest absolute Gasteiger partial charge is 0.251 e. The summed E-state index contributed by atoms with van der Waals surface area (Å²) in [6.07, 6.45) is 2.25. The SMILES string of the molecule is O=C(NCC1CCCNC1)c1ccc(Cl)c(F)c1. The lowest BCUT2D eigenvalue weighted by atomic mass is 10.00. The third-order valence-corrected chi connectivity index (χ3v) is 3.44. The van der Waals surface area contributed by atoms with Crippen molar-refractivity contribution in [2.45, 2.75) is 12.8 Å². The molecule has 0 saturated carbocycles. The molecule has 5 heteroatoms. The van der Waals surface area contributed by atoms with Crippen molar-refractivity contribution in [1.82, 2.24) is 10.6 Å². The Morgan fingerprint density at radius 2 is 2.39 bits per heavy atom. The molecule has 0 bridgehead atoms. The van der Waals surface area contributed by atoms with Crippen LogP contribution in [0, 0.1) is 11.7 Å². The lowest BCUT2D eigenvalue weighted by Gasteiger charge is -2.22. The van der Waals surface area contributed by atoms with Crippen molar-refractivity contribution in [2.24, 2.45) is 5.92 Å². The summed E-state index contributed by atoms with van der Waals surface area (Å²) in [5.74, 6) is -0.361. The molecule has 2 N–H and O–H groups in total. The number of carbonyl (C=O) groups excluding carboxylic acids is 1. The van der Waals surface area contributed by atoms with E-state index in [9.17, 15) is 9.18 Å². The fourth-order valence-corrected chi connectivity index (χ4v) is 2.19. The summed E-state index contributed by atoms with van der Waals surface area (Å²) in [5, 5.41) is 6.14. The highest BCUT2D eigenvalue weighted by molar-refractivity contribution is 6.30. The first kappa shape index (κ1) is 13.3. The first-order valence-corrected chi connectivity index (χ1v) is 6.48. The van der Waals surface area contributed by atoms with E-state index in [0.29, 0.717) is 18.0 Å². The van der Waals surface area contributed by atoms with E-state index in [2.05, 4.69) is 10.6 Å². The topological polar surface area (TPSA) is 41.1 Å². The van der Waals surface area contributed by atoms with E-state index in [4.69, 9.17) is 11.6 Å². The first-order valence-electron chi connectivity index (χ1n) is 6.11. The van der Waals surface area contributed by atoms with Gasteiger partial charge in [-0.25, -0.2) is 4.39 Å². The molecule has 1 unspecified atom stereocenters. The van der Waals surface area contributed by atoms with Gasteiger partial charge in [0.15, 0.2) is 0 Å². The second-order valence-electron chi connectivity index (χ2n) is 4.55. The molecule has 1 aliphatic rings. The lowest BCUT2D eigenvalue weighted by molar-refractivity contribution is 0.0944. The number of hydrogen-bond donors (Lipinski definition) is 2. The number of carbonyl (C=O) groups is 1. The highest BCUT2D eigenvalue weighted by atomic mass is 35.5. The van der Waals surface area contributed by atoms with Gasteiger partial charge in [-0.3, -0.25) is 4.79 Å². The molecule has 0 aromatic heterocycles. The van der Waals surface area contributed by atoms with E-state index < -0.39 is 5.82 Å². The molecule has 2 rings (SSSR count). The van der Waals surface area contributed by atoms with Crippen LogP contribution in [-0.2, 0) is 0 Å². The predicted molar refractivity (Wildman–Crippen MR) is 69.3 cm³/mol. The van der Waals surface area contributed by atoms with Gasteiger partial charge < -0.3 is 10.6 Å². The van der Waals surface area contributed by atoms with E-state index in [-0.39, 0.29) is 10.9 Å². The monoisotopic (exact) mass is 270 g/mol. The van der Waals surface area contributed by atoms with Gasteiger partial charge in [0.25, 0.3) is 5.91 Å². The van der Waals surface area contributed by atoms with Crippen molar-refractivity contribution in [1.29, 1.82) is 0 Å². The molecule has 1 atom stereocenters. The quantitative estimate of drug-likeness (QED) is 0.884. The van der Waals surface area contributed by atoms with Gasteiger partial charge in [-0.05, 0) is 50.0 Å². The minimum atomic E-state index is -0.566. The maximum absolute atomic E-state index is 13.2. The molecule has 0 aliphatic carbocycles. The molecule has 1 amide bonds. The average Bonchev–Trinajstić information content (AvgIpc) is 2.40. The van der Waals surface area contributed by atoms with Crippen LogP contribution in [0.3, 0.4) is 0 Å². The molecule has 1 aromatic carbocycles. The van der Waals surface area contributed by atoms with Crippen molar-refractivity contribution < 1.29 is 9.18 Å². The molecule has 98 valence electrons. The molecule has 1 aliphatic heterocycles. The van der Waals surface area contributed by atoms with Gasteiger partial charge in [0.2, 0.25) is 0 Å². The van der Waals surface area contributed by atoms with E-state index >= 15 is 0 Å². The molecule has 1 fully saturated rings. The zero-order valence-corrected chi connectivity index (χ0v) is 10.8. The third-order valence-electron chi connectivity index (χ3n) is 3.13. The Morgan fingerprint density at radius 3 is 3.06 bits per heavy atom. The Morgan fingerprint density at radius 1 is 1.56 bits per heavy atom. The van der Waals surface area contributed by atoms with Crippen LogP contribution in [-0.4, -0.2) is 25.5 Å². The van der Waals surface area contributed by atoms with Crippen molar-refractivity contribution in [3.05, 3.63) is 34.6 Å². The van der Waals surface area contributed by atoms with Gasteiger partial charge in [-0.2, -0.15) is 0 Å². The second kappa shape index (κ2) is 6.16. The van der Waals surface area contributed by atoms with Crippen LogP contribution in [0.2, 0.25) is 5.02 Å². The van der Waals surface area contributed by atoms with Crippen LogP contribution >= 0.6 is 11.6 Å². The molecule has 1 heterocycles. The molecule has 1 aromatic rings. The summed E-state index contributed by atoms with van der Waals surface area (Å²) >= 11 is 5.57. The van der Waals surface area contributed by atoms with Crippen molar-refractivity contribution in [3.8, 4) is 0 Å². The summed E-state index contributed by atoms with van der Waals surface area (Å²) in [6, 6.07) is 4.09. The second-order valence-corrected chi connectivity index (χ2v) is 4.96. The van der Waals surface area contributed by atoms with Gasteiger partial charge in [0, 0.05) is 12.1 Å². The number of hydrogen-bond acceptors (Lipinski definition) is 2. The van der Waals surface area contributed by atoms with E-state index in [1.54, 1.807) is 0 Å². The Kier molecular flexibility index (Phi) is 4.55. The van der Waals surface area contributed by atoms with Crippen LogP contribution in [0.4, 0.5) is 4.39 Å². The maximum atomic E-state index is 13.2. The molecule has 0 spiro atoms. The number of halogens is 2. The fraction of sp³-hybridized carbons (Fsp3) is 0.462. The van der Waals surface area contributed by atoms with E-state index in [1.165, 1.54) is 12.1 Å². The third kappa shape index (κ3) is 3.43. The van der Waals surface area contributed by atoms with Crippen LogP contribution in [0.15, 0.2) is 18.2 Å². The van der Waals surface area contributed by atoms with Gasteiger partial charge in [-0.1, -0.05) is 11.6 Å². The Hall–Kier alpha value is -1.13. The van der Waals surface area contributed by atoms with Gasteiger partial charge in [0.1, 0.15) is 5.82 Å². The summed E-state index contributed by atoms with van der Waals surface area (Å²) in [7, 11) is 0. The first-order chi connectivity index (χ1) is 8.66. The lowest BCUT2D eigenvalue weighted by Crippen LogP contribution is -2.38. The number of amides is 1. The van der Waals surface area contributed by atoms with Crippen LogP contribution in [0.5, 0.6) is 0 Å². The van der Waals surface area contributed by atoms with E-state index in [0.717, 1.165) is 32.0 Å². The van der Waals surface area contributed by atoms with E-state index in [1.807, 2.05) is 0 Å². The number of rotatable bonds is 3. The zero-order valence-electron chi connectivity index (χ0n) is 10.0. The van der Waals surface area contributed by atoms with Crippen LogP contribution in [0.1, 0.15) is 23.2 Å². The average molecular weight is 271 g/mol. The van der Waals surface area contributed by atoms with Crippen molar-refractivity contribution in [2.75, 3.05) is 19.6 Å². The zero-order chi connectivity index (χ0) is 13.0. The summed E-state index contributed by atoms with van der Waals surface area (Å²) in [6.45, 7) is 2.60. The number of benzene rings is 1. The van der Waals surface area contributed by atoms with Gasteiger partial charge >= 0.3 is 0 Å². The molecule has 3 nitrogen and oxygen atoms in total. The molecule has 0 radical (unpaired) electrons. The Labute approximate surface area is 111 Å². The van der Waals surface area contributed by atoms with Crippen molar-refractivity contribution in [3.63, 3.8) is 0 Å². The normalized spacial score (nSPS) is 19.6.